The Kier molecular flexibility index (Phi) is 6.32. The van der Waals surface area contributed by atoms with Crippen LogP contribution in [-0.4, -0.2) is 69.3 Å². The molecule has 2 amide bonds. The molecule has 0 unspecified atom stereocenters. The van der Waals surface area contributed by atoms with Crippen LogP contribution in [0.1, 0.15) is 16.7 Å². The molecule has 8 nitrogen and oxygen atoms in total. The van der Waals surface area contributed by atoms with Gasteiger partial charge in [0, 0.05) is 38.4 Å². The Morgan fingerprint density at radius 1 is 0.969 bits per heavy atom. The van der Waals surface area contributed by atoms with Crippen LogP contribution in [0.25, 0.3) is 0 Å². The van der Waals surface area contributed by atoms with Crippen molar-refractivity contribution in [3.63, 3.8) is 0 Å². The predicted molar refractivity (Wildman–Crippen MR) is 122 cm³/mol. The van der Waals surface area contributed by atoms with Gasteiger partial charge in [-0.1, -0.05) is 24.3 Å². The quantitative estimate of drug-likeness (QED) is 0.721. The lowest BCUT2D eigenvalue weighted by Gasteiger charge is -2.35. The van der Waals surface area contributed by atoms with Crippen molar-refractivity contribution in [2.24, 2.45) is 5.14 Å². The molecule has 1 saturated heterocycles. The molecule has 0 radical (unpaired) electrons. The molecule has 9 heteroatoms. The normalized spacial score (nSPS) is 16.8. The van der Waals surface area contributed by atoms with Gasteiger partial charge in [0.1, 0.15) is 0 Å². The van der Waals surface area contributed by atoms with E-state index in [-0.39, 0.29) is 23.3 Å². The highest BCUT2D eigenvalue weighted by molar-refractivity contribution is 7.89. The molecule has 0 saturated carbocycles. The lowest BCUT2D eigenvalue weighted by molar-refractivity contribution is -0.132. The number of aryl methyl sites for hydroxylation is 1. The predicted octanol–water partition coefficient (Wildman–Crippen LogP) is 0.918. The summed E-state index contributed by atoms with van der Waals surface area (Å²) in [6.45, 7) is 5.32. The molecule has 0 bridgehead atoms. The Hall–Kier alpha value is -2.75. The van der Waals surface area contributed by atoms with Gasteiger partial charge in [-0.25, -0.2) is 13.6 Å². The molecule has 2 aromatic carbocycles. The number of amides is 2. The Morgan fingerprint density at radius 3 is 2.38 bits per heavy atom. The first-order valence-electron chi connectivity index (χ1n) is 10.7. The third-order valence-corrected chi connectivity index (χ3v) is 7.17. The third kappa shape index (κ3) is 4.85. The molecule has 0 aliphatic carbocycles. The van der Waals surface area contributed by atoms with Crippen LogP contribution in [0.3, 0.4) is 0 Å². The summed E-state index contributed by atoms with van der Waals surface area (Å²) in [5.41, 5.74) is 3.73. The number of piperazine rings is 1. The summed E-state index contributed by atoms with van der Waals surface area (Å²) in [5, 5.41) is 5.21. The van der Waals surface area contributed by atoms with Gasteiger partial charge in [0.25, 0.3) is 0 Å². The van der Waals surface area contributed by atoms with Gasteiger partial charge in [-0.05, 0) is 48.2 Å². The maximum atomic E-state index is 12.9. The van der Waals surface area contributed by atoms with E-state index in [0.29, 0.717) is 45.6 Å². The number of benzene rings is 2. The number of fused-ring (bicyclic) bond motifs is 1. The zero-order valence-corrected chi connectivity index (χ0v) is 19.0. The number of carbonyl (C=O) groups excluding carboxylic acids is 2. The number of sulfonamides is 1. The zero-order chi connectivity index (χ0) is 22.9. The van der Waals surface area contributed by atoms with Crippen LogP contribution in [0.15, 0.2) is 47.4 Å². The summed E-state index contributed by atoms with van der Waals surface area (Å²) >= 11 is 0. The number of carbonyl (C=O) groups is 2. The monoisotopic (exact) mass is 456 g/mol. The fourth-order valence-corrected chi connectivity index (χ4v) is 4.89. The molecule has 1 fully saturated rings. The minimum atomic E-state index is -3.76. The number of hydrogen-bond donors (Lipinski definition) is 1. The molecular formula is C23H28N4O4S. The number of rotatable bonds is 5. The van der Waals surface area contributed by atoms with Crippen LogP contribution in [0.5, 0.6) is 0 Å². The average Bonchev–Trinajstić information content (AvgIpc) is 3.19. The number of nitrogens with zero attached hydrogens (tertiary/aromatic N) is 3. The average molecular weight is 457 g/mol. The summed E-state index contributed by atoms with van der Waals surface area (Å²) in [6, 6.07) is 12.6. The highest BCUT2D eigenvalue weighted by atomic mass is 32.2. The summed E-state index contributed by atoms with van der Waals surface area (Å²) in [6.07, 6.45) is 1.00. The van der Waals surface area contributed by atoms with E-state index in [4.69, 9.17) is 5.14 Å². The van der Waals surface area contributed by atoms with Crippen molar-refractivity contribution in [1.29, 1.82) is 0 Å². The number of nitrogens with two attached hydrogens (primary N) is 1. The minimum absolute atomic E-state index is 0.0215. The molecule has 2 aliphatic rings. The molecule has 32 heavy (non-hydrogen) atoms. The minimum Gasteiger partial charge on any atom is -0.340 e. The first kappa shape index (κ1) is 22.4. The summed E-state index contributed by atoms with van der Waals surface area (Å²) < 4.78 is 23.1. The van der Waals surface area contributed by atoms with E-state index in [2.05, 4.69) is 4.90 Å². The summed E-state index contributed by atoms with van der Waals surface area (Å²) in [7, 11) is -3.76. The van der Waals surface area contributed by atoms with Crippen molar-refractivity contribution in [2.75, 3.05) is 44.2 Å². The maximum absolute atomic E-state index is 12.9. The number of primary sulfonamides is 1. The van der Waals surface area contributed by atoms with E-state index in [1.165, 1.54) is 6.07 Å². The summed E-state index contributed by atoms with van der Waals surface area (Å²) in [4.78, 5) is 31.3. The molecule has 170 valence electrons. The van der Waals surface area contributed by atoms with Crippen LogP contribution in [0, 0.1) is 6.92 Å². The van der Waals surface area contributed by atoms with E-state index < -0.39 is 10.0 Å². The van der Waals surface area contributed by atoms with Crippen LogP contribution < -0.4 is 10.0 Å². The Morgan fingerprint density at radius 2 is 1.69 bits per heavy atom. The smallest absolute Gasteiger partial charge is 0.241 e. The van der Waals surface area contributed by atoms with Crippen molar-refractivity contribution >= 4 is 27.5 Å². The van der Waals surface area contributed by atoms with E-state index >= 15 is 0 Å². The molecule has 0 aromatic heterocycles. The second kappa shape index (κ2) is 9.01. The van der Waals surface area contributed by atoms with E-state index in [0.717, 1.165) is 22.4 Å². The van der Waals surface area contributed by atoms with Crippen molar-refractivity contribution < 1.29 is 18.0 Å². The number of anilines is 1. The molecule has 4 rings (SSSR count). The van der Waals surface area contributed by atoms with Gasteiger partial charge in [-0.2, -0.15) is 0 Å². The SMILES string of the molecule is Cc1ccccc1CC(=O)N1CCN(CC(=O)N2CCc3cc(S(N)(=O)=O)ccc32)CC1. The maximum Gasteiger partial charge on any atom is 0.241 e. The van der Waals surface area contributed by atoms with E-state index in [1.807, 2.05) is 36.1 Å². The number of hydrogen-bond acceptors (Lipinski definition) is 5. The fraction of sp³-hybridized carbons (Fsp3) is 0.391. The third-order valence-electron chi connectivity index (χ3n) is 6.26. The van der Waals surface area contributed by atoms with E-state index in [9.17, 15) is 18.0 Å². The summed E-state index contributed by atoms with van der Waals surface area (Å²) in [5.74, 6) is 0.0937. The molecule has 0 atom stereocenters. The van der Waals surface area contributed by atoms with Crippen LogP contribution in [0.2, 0.25) is 0 Å². The molecule has 2 aromatic rings. The van der Waals surface area contributed by atoms with Gasteiger partial charge in [0.05, 0.1) is 17.9 Å². The molecule has 2 N–H and O–H groups in total. The molecule has 2 aliphatic heterocycles. The highest BCUT2D eigenvalue weighted by Crippen LogP contribution is 2.30. The Bertz CT molecular complexity index is 1140. The van der Waals surface area contributed by atoms with Gasteiger partial charge in [-0.15, -0.1) is 0 Å². The Balaban J connectivity index is 1.31. The largest absolute Gasteiger partial charge is 0.340 e. The molecule has 2 heterocycles. The second-order valence-corrected chi connectivity index (χ2v) is 9.95. The van der Waals surface area contributed by atoms with Crippen LogP contribution >= 0.6 is 0 Å². The van der Waals surface area contributed by atoms with Crippen molar-refractivity contribution in [2.45, 2.75) is 24.7 Å². The first-order valence-corrected chi connectivity index (χ1v) is 12.3. The fourth-order valence-electron chi connectivity index (χ4n) is 4.33. The zero-order valence-electron chi connectivity index (χ0n) is 18.2. The standard InChI is InChI=1S/C23H28N4O4S/c1-17-4-2-3-5-18(17)15-22(28)26-12-10-25(11-13-26)16-23(29)27-9-8-19-14-20(32(24,30)31)6-7-21(19)27/h2-7,14H,8-13,15-16H2,1H3,(H2,24,30,31). The van der Waals surface area contributed by atoms with Crippen LogP contribution in [0.4, 0.5) is 5.69 Å². The van der Waals surface area contributed by atoms with Gasteiger partial charge in [-0.3, -0.25) is 14.5 Å². The second-order valence-electron chi connectivity index (χ2n) is 8.39. The van der Waals surface area contributed by atoms with Gasteiger partial charge < -0.3 is 9.80 Å². The molecule has 0 spiro atoms. The highest BCUT2D eigenvalue weighted by Gasteiger charge is 2.29. The first-order chi connectivity index (χ1) is 15.2. The lowest BCUT2D eigenvalue weighted by Crippen LogP contribution is -2.51. The lowest BCUT2D eigenvalue weighted by atomic mass is 10.1. The van der Waals surface area contributed by atoms with Gasteiger partial charge in [0.2, 0.25) is 21.8 Å². The van der Waals surface area contributed by atoms with Crippen LogP contribution in [-0.2, 0) is 32.5 Å². The van der Waals surface area contributed by atoms with Crippen molar-refractivity contribution in [3.05, 3.63) is 59.2 Å². The van der Waals surface area contributed by atoms with Crippen molar-refractivity contribution in [3.8, 4) is 0 Å². The van der Waals surface area contributed by atoms with Gasteiger partial charge in [0.15, 0.2) is 0 Å². The van der Waals surface area contributed by atoms with Crippen molar-refractivity contribution in [1.82, 2.24) is 9.80 Å². The Labute approximate surface area is 188 Å². The van der Waals surface area contributed by atoms with Gasteiger partial charge >= 0.3 is 0 Å². The topological polar surface area (TPSA) is 104 Å². The molecular weight excluding hydrogens is 428 g/mol. The van der Waals surface area contributed by atoms with E-state index in [1.54, 1.807) is 17.0 Å².